The van der Waals surface area contributed by atoms with Gasteiger partial charge in [0, 0.05) is 12.4 Å². The molecule has 0 spiro atoms. The predicted octanol–water partition coefficient (Wildman–Crippen LogP) is 3.44. The van der Waals surface area contributed by atoms with Gasteiger partial charge >= 0.3 is 0 Å². The van der Waals surface area contributed by atoms with Gasteiger partial charge in [0.15, 0.2) is 6.10 Å². The zero-order valence-corrected chi connectivity index (χ0v) is 15.8. The fraction of sp³-hybridized carbons (Fsp3) is 0.174. The summed E-state index contributed by atoms with van der Waals surface area (Å²) < 4.78 is 0. The van der Waals surface area contributed by atoms with Crippen molar-refractivity contribution < 1.29 is 14.4 Å². The van der Waals surface area contributed by atoms with Gasteiger partial charge in [-0.2, -0.15) is 0 Å². The summed E-state index contributed by atoms with van der Waals surface area (Å²) in [6, 6.07) is 20.2. The standard InChI is InChI=1S/C23H19N3O3/c1-15-7-5-11-18(13-15)25-22(27)19-20(16-8-6-12-24-14-16)26(29-21(19)23(25)28)17-9-3-2-4-10-17/h2-14,19-21H,1H3/t19-,20+,21+/m0/s1. The molecular weight excluding hydrogens is 366 g/mol. The van der Waals surface area contributed by atoms with Gasteiger partial charge in [0.2, 0.25) is 5.91 Å². The summed E-state index contributed by atoms with van der Waals surface area (Å²) in [4.78, 5) is 38.2. The molecule has 0 radical (unpaired) electrons. The number of para-hydroxylation sites is 1. The number of carbonyl (C=O) groups is 2. The Morgan fingerprint density at radius 2 is 1.69 bits per heavy atom. The lowest BCUT2D eigenvalue weighted by Gasteiger charge is -2.28. The van der Waals surface area contributed by atoms with E-state index in [0.717, 1.165) is 16.8 Å². The van der Waals surface area contributed by atoms with E-state index in [1.807, 2.05) is 67.6 Å². The summed E-state index contributed by atoms with van der Waals surface area (Å²) in [6.07, 6.45) is 2.54. The molecule has 5 rings (SSSR count). The van der Waals surface area contributed by atoms with Crippen molar-refractivity contribution in [3.63, 3.8) is 0 Å². The van der Waals surface area contributed by atoms with Gasteiger partial charge in [-0.15, -0.1) is 0 Å². The molecule has 2 aliphatic rings. The second-order valence-electron chi connectivity index (χ2n) is 7.30. The quantitative estimate of drug-likeness (QED) is 0.647. The van der Waals surface area contributed by atoms with E-state index in [4.69, 9.17) is 4.84 Å². The lowest BCUT2D eigenvalue weighted by atomic mass is 9.91. The summed E-state index contributed by atoms with van der Waals surface area (Å²) >= 11 is 0. The highest BCUT2D eigenvalue weighted by Gasteiger charge is 2.60. The van der Waals surface area contributed by atoms with Crippen LogP contribution in [0.1, 0.15) is 17.2 Å². The second kappa shape index (κ2) is 6.83. The van der Waals surface area contributed by atoms with E-state index in [1.54, 1.807) is 23.5 Å². The first kappa shape index (κ1) is 17.6. The second-order valence-corrected chi connectivity index (χ2v) is 7.30. The molecule has 2 amide bonds. The van der Waals surface area contributed by atoms with Gasteiger partial charge < -0.3 is 0 Å². The average Bonchev–Trinajstić information content (AvgIpc) is 3.26. The minimum atomic E-state index is -0.867. The first-order chi connectivity index (χ1) is 14.1. The van der Waals surface area contributed by atoms with Gasteiger partial charge in [-0.25, -0.2) is 9.96 Å². The number of fused-ring (bicyclic) bond motifs is 1. The van der Waals surface area contributed by atoms with Gasteiger partial charge in [-0.3, -0.25) is 19.4 Å². The van der Waals surface area contributed by atoms with Crippen molar-refractivity contribution in [2.45, 2.75) is 19.1 Å². The van der Waals surface area contributed by atoms with Crippen molar-refractivity contribution in [1.82, 2.24) is 4.98 Å². The third kappa shape index (κ3) is 2.80. The van der Waals surface area contributed by atoms with E-state index in [-0.39, 0.29) is 11.8 Å². The Bertz CT molecular complexity index is 1070. The lowest BCUT2D eigenvalue weighted by molar-refractivity contribution is -0.126. The maximum Gasteiger partial charge on any atom is 0.266 e. The van der Waals surface area contributed by atoms with E-state index in [2.05, 4.69) is 4.98 Å². The van der Waals surface area contributed by atoms with Gasteiger partial charge in [-0.05, 0) is 48.4 Å². The topological polar surface area (TPSA) is 62.7 Å². The van der Waals surface area contributed by atoms with Crippen LogP contribution in [0.3, 0.4) is 0 Å². The van der Waals surface area contributed by atoms with Gasteiger partial charge in [0.1, 0.15) is 5.92 Å². The number of aryl methyl sites for hydroxylation is 1. The summed E-state index contributed by atoms with van der Waals surface area (Å²) in [7, 11) is 0. The molecule has 1 aromatic heterocycles. The van der Waals surface area contributed by atoms with Crippen molar-refractivity contribution in [3.05, 3.63) is 90.3 Å². The number of amides is 2. The summed E-state index contributed by atoms with van der Waals surface area (Å²) in [5.41, 5.74) is 3.18. The Kier molecular flexibility index (Phi) is 4.14. The zero-order chi connectivity index (χ0) is 20.0. The molecular formula is C23H19N3O3. The lowest BCUT2D eigenvalue weighted by Crippen LogP contribution is -2.37. The minimum Gasteiger partial charge on any atom is -0.273 e. The van der Waals surface area contributed by atoms with Crippen LogP contribution < -0.4 is 9.96 Å². The molecule has 144 valence electrons. The SMILES string of the molecule is Cc1cccc(N2C(=O)[C@H]3[C@@H](c4cccnc4)N(c4ccccc4)O[C@H]3C2=O)c1. The number of pyridine rings is 1. The number of imide groups is 1. The van der Waals surface area contributed by atoms with Crippen molar-refractivity contribution in [2.75, 3.05) is 9.96 Å². The molecule has 6 heteroatoms. The number of nitrogens with zero attached hydrogens (tertiary/aromatic N) is 3. The molecule has 6 nitrogen and oxygen atoms in total. The largest absolute Gasteiger partial charge is 0.273 e. The Morgan fingerprint density at radius 1 is 0.897 bits per heavy atom. The molecule has 2 saturated heterocycles. The minimum absolute atomic E-state index is 0.252. The number of hydroxylamine groups is 1. The molecule has 0 aliphatic carbocycles. The molecule has 29 heavy (non-hydrogen) atoms. The molecule has 3 heterocycles. The number of aromatic nitrogens is 1. The Hall–Kier alpha value is -3.51. The van der Waals surface area contributed by atoms with Crippen LogP contribution in [0, 0.1) is 12.8 Å². The monoisotopic (exact) mass is 385 g/mol. The van der Waals surface area contributed by atoms with Crippen LogP contribution in [-0.4, -0.2) is 22.9 Å². The van der Waals surface area contributed by atoms with Crippen molar-refractivity contribution in [2.24, 2.45) is 5.92 Å². The molecule has 0 saturated carbocycles. The van der Waals surface area contributed by atoms with Crippen LogP contribution in [0.25, 0.3) is 0 Å². The maximum atomic E-state index is 13.4. The highest BCUT2D eigenvalue weighted by molar-refractivity contribution is 6.23. The van der Waals surface area contributed by atoms with E-state index in [1.165, 1.54) is 4.90 Å². The molecule has 2 fully saturated rings. The average molecular weight is 385 g/mol. The number of rotatable bonds is 3. The third-order valence-corrected chi connectivity index (χ3v) is 5.41. The molecule has 3 atom stereocenters. The van der Waals surface area contributed by atoms with E-state index in [9.17, 15) is 9.59 Å². The molecule has 0 bridgehead atoms. The smallest absolute Gasteiger partial charge is 0.266 e. The Balaban J connectivity index is 1.59. The zero-order valence-electron chi connectivity index (χ0n) is 15.8. The van der Waals surface area contributed by atoms with Crippen LogP contribution in [0.2, 0.25) is 0 Å². The number of hydrogen-bond donors (Lipinski definition) is 0. The van der Waals surface area contributed by atoms with E-state index in [0.29, 0.717) is 5.69 Å². The molecule has 0 N–H and O–H groups in total. The van der Waals surface area contributed by atoms with E-state index >= 15 is 0 Å². The number of carbonyl (C=O) groups excluding carboxylic acids is 2. The third-order valence-electron chi connectivity index (χ3n) is 5.41. The first-order valence-electron chi connectivity index (χ1n) is 9.50. The Labute approximate surface area is 168 Å². The van der Waals surface area contributed by atoms with Crippen LogP contribution in [0.15, 0.2) is 79.1 Å². The maximum absolute atomic E-state index is 13.4. The number of hydrogen-bond acceptors (Lipinski definition) is 5. The van der Waals surface area contributed by atoms with Crippen LogP contribution >= 0.6 is 0 Å². The normalized spacial score (nSPS) is 23.6. The van der Waals surface area contributed by atoms with Crippen molar-refractivity contribution >= 4 is 23.2 Å². The molecule has 0 unspecified atom stereocenters. The van der Waals surface area contributed by atoms with Gasteiger partial charge in [-0.1, -0.05) is 36.4 Å². The Morgan fingerprint density at radius 3 is 2.41 bits per heavy atom. The summed E-state index contributed by atoms with van der Waals surface area (Å²) in [5.74, 6) is -1.23. The summed E-state index contributed by atoms with van der Waals surface area (Å²) in [5, 5.41) is 1.68. The highest BCUT2D eigenvalue weighted by atomic mass is 16.7. The van der Waals surface area contributed by atoms with Gasteiger partial charge in [0.25, 0.3) is 5.91 Å². The van der Waals surface area contributed by atoms with Crippen LogP contribution in [0.5, 0.6) is 0 Å². The highest BCUT2D eigenvalue weighted by Crippen LogP contribution is 2.47. The number of benzene rings is 2. The summed E-state index contributed by atoms with van der Waals surface area (Å²) in [6.45, 7) is 1.93. The predicted molar refractivity (Wildman–Crippen MR) is 108 cm³/mol. The van der Waals surface area contributed by atoms with Gasteiger partial charge in [0.05, 0.1) is 17.4 Å². The van der Waals surface area contributed by atoms with Crippen LogP contribution in [-0.2, 0) is 14.4 Å². The molecule has 3 aromatic rings. The fourth-order valence-electron chi connectivity index (χ4n) is 4.12. The van der Waals surface area contributed by atoms with Crippen LogP contribution in [0.4, 0.5) is 11.4 Å². The number of anilines is 2. The van der Waals surface area contributed by atoms with Crippen molar-refractivity contribution in [3.8, 4) is 0 Å². The molecule has 2 aliphatic heterocycles. The van der Waals surface area contributed by atoms with Crippen molar-refractivity contribution in [1.29, 1.82) is 0 Å². The fourth-order valence-corrected chi connectivity index (χ4v) is 4.12. The first-order valence-corrected chi connectivity index (χ1v) is 9.50. The van der Waals surface area contributed by atoms with E-state index < -0.39 is 18.1 Å². The molecule has 2 aromatic carbocycles.